The van der Waals surface area contributed by atoms with Crippen molar-refractivity contribution in [1.82, 2.24) is 20.2 Å². The van der Waals surface area contributed by atoms with Crippen LogP contribution in [0.15, 0.2) is 36.4 Å². The van der Waals surface area contributed by atoms with Crippen LogP contribution in [0.4, 0.5) is 0 Å². The molecule has 1 unspecified atom stereocenters. The van der Waals surface area contributed by atoms with Gasteiger partial charge in [-0.3, -0.25) is 0 Å². The van der Waals surface area contributed by atoms with Crippen molar-refractivity contribution in [3.8, 4) is 28.7 Å². The molecule has 0 saturated carbocycles. The third kappa shape index (κ3) is 3.49. The zero-order valence-electron chi connectivity index (χ0n) is 15.5. The second kappa shape index (κ2) is 7.92. The monoisotopic (exact) mass is 371 g/mol. The third-order valence-corrected chi connectivity index (χ3v) is 4.12. The van der Waals surface area contributed by atoms with Gasteiger partial charge in [0.05, 0.1) is 40.2 Å². The Labute approximate surface area is 156 Å². The van der Waals surface area contributed by atoms with Crippen LogP contribution < -0.4 is 24.7 Å². The van der Waals surface area contributed by atoms with Crippen molar-refractivity contribution < 1.29 is 18.9 Å². The molecule has 9 nitrogen and oxygen atoms in total. The van der Waals surface area contributed by atoms with E-state index in [0.717, 1.165) is 5.69 Å². The molecule has 9 heteroatoms. The minimum atomic E-state index is -0.625. The van der Waals surface area contributed by atoms with Crippen molar-refractivity contribution in [2.45, 2.75) is 6.04 Å². The van der Waals surface area contributed by atoms with Gasteiger partial charge in [-0.25, -0.2) is 0 Å². The Bertz CT molecular complexity index is 903. The van der Waals surface area contributed by atoms with Crippen molar-refractivity contribution in [2.24, 2.45) is 5.73 Å². The molecule has 142 valence electrons. The van der Waals surface area contributed by atoms with Gasteiger partial charge in [0, 0.05) is 6.07 Å². The van der Waals surface area contributed by atoms with Crippen molar-refractivity contribution in [3.05, 3.63) is 47.8 Å². The molecule has 0 saturated heterocycles. The highest BCUT2D eigenvalue weighted by Crippen LogP contribution is 2.40. The lowest BCUT2D eigenvalue weighted by Crippen LogP contribution is -2.18. The molecular weight excluding hydrogens is 350 g/mol. The van der Waals surface area contributed by atoms with Gasteiger partial charge >= 0.3 is 0 Å². The Balaban J connectivity index is 2.05. The van der Waals surface area contributed by atoms with Gasteiger partial charge in [0.1, 0.15) is 5.75 Å². The smallest absolute Gasteiger partial charge is 0.203 e. The van der Waals surface area contributed by atoms with E-state index in [2.05, 4.69) is 15.5 Å². The summed E-state index contributed by atoms with van der Waals surface area (Å²) in [5, 5.41) is 11.9. The first kappa shape index (κ1) is 18.5. The number of hydrogen-bond acceptors (Lipinski definition) is 8. The van der Waals surface area contributed by atoms with Crippen LogP contribution in [0.25, 0.3) is 5.69 Å². The molecule has 0 spiro atoms. The Morgan fingerprint density at radius 3 is 2.22 bits per heavy atom. The highest BCUT2D eigenvalue weighted by Gasteiger charge is 2.22. The normalized spacial score (nSPS) is 11.7. The summed E-state index contributed by atoms with van der Waals surface area (Å²) in [7, 11) is 6.24. The average Bonchev–Trinajstić information content (AvgIpc) is 3.21. The van der Waals surface area contributed by atoms with Gasteiger partial charge in [-0.2, -0.15) is 4.68 Å². The Kier molecular flexibility index (Phi) is 5.41. The molecule has 1 heterocycles. The maximum absolute atomic E-state index is 6.46. The van der Waals surface area contributed by atoms with Gasteiger partial charge in [0.2, 0.25) is 5.75 Å². The van der Waals surface area contributed by atoms with Crippen LogP contribution in [0.3, 0.4) is 0 Å². The fraction of sp³-hybridized carbons (Fsp3) is 0.278. The summed E-state index contributed by atoms with van der Waals surface area (Å²) in [6.07, 6.45) is 0. The average molecular weight is 371 g/mol. The van der Waals surface area contributed by atoms with E-state index in [1.54, 1.807) is 45.3 Å². The first-order valence-corrected chi connectivity index (χ1v) is 8.11. The molecule has 0 aliphatic carbocycles. The number of nitrogens with two attached hydrogens (primary N) is 1. The molecule has 0 radical (unpaired) electrons. The maximum atomic E-state index is 6.46. The second-order valence-corrected chi connectivity index (χ2v) is 5.59. The topological polar surface area (TPSA) is 107 Å². The maximum Gasteiger partial charge on any atom is 0.203 e. The van der Waals surface area contributed by atoms with Gasteiger partial charge in [-0.15, -0.1) is 5.10 Å². The van der Waals surface area contributed by atoms with Crippen LogP contribution >= 0.6 is 0 Å². The standard InChI is InChI=1S/C18H21N5O4/c1-24-13-7-5-6-12(10-13)23-18(20-21-22-23)16(19)11-8-14(25-2)17(27-4)15(9-11)26-3/h5-10,16H,19H2,1-4H3. The van der Waals surface area contributed by atoms with Gasteiger partial charge in [0.25, 0.3) is 0 Å². The van der Waals surface area contributed by atoms with Crippen LogP contribution in [0, 0.1) is 0 Å². The highest BCUT2D eigenvalue weighted by molar-refractivity contribution is 5.55. The molecule has 27 heavy (non-hydrogen) atoms. The number of nitrogens with zero attached hydrogens (tertiary/aromatic N) is 4. The van der Waals surface area contributed by atoms with Crippen molar-refractivity contribution in [1.29, 1.82) is 0 Å². The summed E-state index contributed by atoms with van der Waals surface area (Å²) >= 11 is 0. The number of aromatic nitrogens is 4. The van der Waals surface area contributed by atoms with E-state index in [1.165, 1.54) is 0 Å². The molecule has 0 bridgehead atoms. The number of rotatable bonds is 7. The van der Waals surface area contributed by atoms with Crippen LogP contribution in [0.5, 0.6) is 23.0 Å². The fourth-order valence-corrected chi connectivity index (χ4v) is 2.74. The quantitative estimate of drug-likeness (QED) is 0.669. The second-order valence-electron chi connectivity index (χ2n) is 5.59. The lowest BCUT2D eigenvalue weighted by atomic mass is 10.1. The number of hydrogen-bond donors (Lipinski definition) is 1. The molecule has 0 fully saturated rings. The molecule has 3 rings (SSSR count). The van der Waals surface area contributed by atoms with E-state index in [9.17, 15) is 0 Å². The molecular formula is C18H21N5O4. The minimum Gasteiger partial charge on any atom is -0.497 e. The van der Waals surface area contributed by atoms with Crippen LogP contribution in [0.1, 0.15) is 17.4 Å². The van der Waals surface area contributed by atoms with E-state index < -0.39 is 6.04 Å². The van der Waals surface area contributed by atoms with Gasteiger partial charge in [-0.05, 0) is 40.3 Å². The molecule has 0 aliphatic heterocycles. The first-order valence-electron chi connectivity index (χ1n) is 8.11. The predicted octanol–water partition coefficient (Wildman–Crippen LogP) is 1.74. The molecule has 1 aromatic heterocycles. The summed E-state index contributed by atoms with van der Waals surface area (Å²) in [6.45, 7) is 0. The minimum absolute atomic E-state index is 0.456. The summed E-state index contributed by atoms with van der Waals surface area (Å²) in [5.74, 6) is 2.64. The van der Waals surface area contributed by atoms with E-state index in [0.29, 0.717) is 34.4 Å². The largest absolute Gasteiger partial charge is 0.497 e. The molecule has 3 aromatic rings. The van der Waals surface area contributed by atoms with Gasteiger partial charge in [0.15, 0.2) is 17.3 Å². The highest BCUT2D eigenvalue weighted by atomic mass is 16.5. The van der Waals surface area contributed by atoms with Crippen LogP contribution in [-0.2, 0) is 0 Å². The Morgan fingerprint density at radius 2 is 1.63 bits per heavy atom. The number of ether oxygens (including phenoxy) is 4. The molecule has 0 aliphatic rings. The fourth-order valence-electron chi connectivity index (χ4n) is 2.74. The van der Waals surface area contributed by atoms with Crippen molar-refractivity contribution >= 4 is 0 Å². The van der Waals surface area contributed by atoms with Crippen LogP contribution in [0.2, 0.25) is 0 Å². The van der Waals surface area contributed by atoms with Crippen molar-refractivity contribution in [2.75, 3.05) is 28.4 Å². The van der Waals surface area contributed by atoms with Gasteiger partial charge < -0.3 is 24.7 Å². The predicted molar refractivity (Wildman–Crippen MR) is 97.8 cm³/mol. The van der Waals surface area contributed by atoms with E-state index >= 15 is 0 Å². The van der Waals surface area contributed by atoms with E-state index in [-0.39, 0.29) is 0 Å². The Hall–Kier alpha value is -3.33. The SMILES string of the molecule is COc1cccc(-n2nnnc2C(N)c2cc(OC)c(OC)c(OC)c2)c1. The molecule has 2 aromatic carbocycles. The lowest BCUT2D eigenvalue weighted by molar-refractivity contribution is 0.323. The summed E-state index contributed by atoms with van der Waals surface area (Å²) in [5.41, 5.74) is 7.91. The van der Waals surface area contributed by atoms with E-state index in [1.807, 2.05) is 24.3 Å². The molecule has 0 amide bonds. The number of tetrazole rings is 1. The summed E-state index contributed by atoms with van der Waals surface area (Å²) < 4.78 is 23.0. The van der Waals surface area contributed by atoms with Crippen molar-refractivity contribution in [3.63, 3.8) is 0 Å². The third-order valence-electron chi connectivity index (χ3n) is 4.12. The molecule has 2 N–H and O–H groups in total. The molecule has 1 atom stereocenters. The zero-order valence-corrected chi connectivity index (χ0v) is 15.5. The van der Waals surface area contributed by atoms with Crippen LogP contribution in [-0.4, -0.2) is 48.6 Å². The summed E-state index contributed by atoms with van der Waals surface area (Å²) in [6, 6.07) is 10.3. The number of benzene rings is 2. The van der Waals surface area contributed by atoms with Gasteiger partial charge in [-0.1, -0.05) is 6.07 Å². The zero-order chi connectivity index (χ0) is 19.4. The Morgan fingerprint density at radius 1 is 0.926 bits per heavy atom. The first-order chi connectivity index (χ1) is 13.1. The summed E-state index contributed by atoms with van der Waals surface area (Å²) in [4.78, 5) is 0. The lowest BCUT2D eigenvalue weighted by Gasteiger charge is -2.17. The number of methoxy groups -OCH3 is 4. The van der Waals surface area contributed by atoms with E-state index in [4.69, 9.17) is 24.7 Å².